The van der Waals surface area contributed by atoms with Crippen molar-refractivity contribution < 1.29 is 19.0 Å². The number of hydrogen-bond acceptors (Lipinski definition) is 4. The largest absolute Gasteiger partial charge is 0.493 e. The van der Waals surface area contributed by atoms with Crippen LogP contribution in [-0.2, 0) is 11.2 Å². The first-order chi connectivity index (χ1) is 14.0. The average molecular weight is 464 g/mol. The highest BCUT2D eigenvalue weighted by Gasteiger charge is 2.17. The molecule has 0 bridgehead atoms. The molecule has 2 rings (SSSR count). The highest BCUT2D eigenvalue weighted by Crippen LogP contribution is 2.38. The summed E-state index contributed by atoms with van der Waals surface area (Å²) in [5.74, 6) is 1.34. The highest BCUT2D eigenvalue weighted by molar-refractivity contribution is 9.10. The molecular weight excluding hydrogens is 434 g/mol. The first kappa shape index (κ1) is 23.1. The number of ether oxygens (including phenoxy) is 3. The molecule has 0 saturated heterocycles. The Hall–Kier alpha value is -2.21. The van der Waals surface area contributed by atoms with Gasteiger partial charge in [0.05, 0.1) is 13.2 Å². The van der Waals surface area contributed by atoms with E-state index in [-0.39, 0.29) is 0 Å². The van der Waals surface area contributed by atoms with Gasteiger partial charge in [-0.3, -0.25) is 0 Å². The third kappa shape index (κ3) is 7.61. The van der Waals surface area contributed by atoms with E-state index in [0.29, 0.717) is 31.3 Å². The normalized spacial score (nSPS) is 11.6. The molecule has 0 spiro atoms. The number of nitrogens with one attached hydrogen (secondary N) is 1. The average Bonchev–Trinajstić information content (AvgIpc) is 2.71. The molecule has 0 saturated carbocycles. The molecule has 1 N–H and O–H groups in total. The molecule has 6 heteroatoms. The predicted molar refractivity (Wildman–Crippen MR) is 119 cm³/mol. The van der Waals surface area contributed by atoms with Crippen molar-refractivity contribution in [3.05, 3.63) is 58.1 Å². The van der Waals surface area contributed by atoms with Crippen molar-refractivity contribution in [2.45, 2.75) is 46.1 Å². The molecule has 158 valence electrons. The molecule has 0 radical (unpaired) electrons. The van der Waals surface area contributed by atoms with Gasteiger partial charge in [0, 0.05) is 6.54 Å². The number of aryl methyl sites for hydroxylation is 1. The second-order valence-electron chi connectivity index (χ2n) is 6.61. The van der Waals surface area contributed by atoms with Gasteiger partial charge in [0.15, 0.2) is 0 Å². The Morgan fingerprint density at radius 3 is 2.24 bits per heavy atom. The molecule has 0 heterocycles. The van der Waals surface area contributed by atoms with Gasteiger partial charge < -0.3 is 19.5 Å². The standard InChI is InChI=1S/C23H30BrNO4/c1-4-27-20-15-19(16-21(22(20)24)28-5-2)17(3)29-23(26)25-14-10-9-13-18-11-7-6-8-12-18/h6-8,11-12,15-17H,4-5,9-10,13-14H2,1-3H3,(H,25,26)/t17-/m1/s1. The topological polar surface area (TPSA) is 56.8 Å². The van der Waals surface area contributed by atoms with Crippen molar-refractivity contribution in [3.63, 3.8) is 0 Å². The number of alkyl carbamates (subject to hydrolysis) is 1. The van der Waals surface area contributed by atoms with Crippen LogP contribution in [0.3, 0.4) is 0 Å². The molecule has 2 aromatic rings. The summed E-state index contributed by atoms with van der Waals surface area (Å²) in [5.41, 5.74) is 2.13. The van der Waals surface area contributed by atoms with Crippen molar-refractivity contribution in [3.8, 4) is 11.5 Å². The van der Waals surface area contributed by atoms with Gasteiger partial charge in [-0.05, 0) is 79.2 Å². The molecule has 2 aromatic carbocycles. The van der Waals surface area contributed by atoms with Gasteiger partial charge in [0.25, 0.3) is 0 Å². The highest BCUT2D eigenvalue weighted by atomic mass is 79.9. The maximum Gasteiger partial charge on any atom is 0.407 e. The summed E-state index contributed by atoms with van der Waals surface area (Å²) in [6.45, 7) is 7.34. The van der Waals surface area contributed by atoms with E-state index in [1.54, 1.807) is 0 Å². The second kappa shape index (κ2) is 12.4. The van der Waals surface area contributed by atoms with Crippen LogP contribution >= 0.6 is 15.9 Å². The van der Waals surface area contributed by atoms with Gasteiger partial charge in [-0.2, -0.15) is 0 Å². The van der Waals surface area contributed by atoms with E-state index in [9.17, 15) is 4.79 Å². The molecule has 1 atom stereocenters. The van der Waals surface area contributed by atoms with Crippen molar-refractivity contribution in [2.24, 2.45) is 0 Å². The van der Waals surface area contributed by atoms with Gasteiger partial charge in [0.2, 0.25) is 0 Å². The molecule has 5 nitrogen and oxygen atoms in total. The summed E-state index contributed by atoms with van der Waals surface area (Å²) in [6.07, 6.45) is 2.08. The summed E-state index contributed by atoms with van der Waals surface area (Å²) in [5, 5.41) is 2.83. The van der Waals surface area contributed by atoms with Crippen LogP contribution in [0.4, 0.5) is 4.79 Å². The number of halogens is 1. The van der Waals surface area contributed by atoms with Crippen molar-refractivity contribution in [2.75, 3.05) is 19.8 Å². The minimum atomic E-state index is -0.425. The Kier molecular flexibility index (Phi) is 9.84. The number of unbranched alkanes of at least 4 members (excludes halogenated alkanes) is 1. The smallest absolute Gasteiger partial charge is 0.407 e. The SMILES string of the molecule is CCOc1cc([C@@H](C)OC(=O)NCCCCc2ccccc2)cc(OCC)c1Br. The number of amides is 1. The number of benzene rings is 2. The van der Waals surface area contributed by atoms with E-state index in [1.165, 1.54) is 5.56 Å². The summed E-state index contributed by atoms with van der Waals surface area (Å²) in [4.78, 5) is 12.1. The second-order valence-corrected chi connectivity index (χ2v) is 7.41. The fraction of sp³-hybridized carbons (Fsp3) is 0.435. The predicted octanol–water partition coefficient (Wildman–Crippen LogP) is 6.06. The van der Waals surface area contributed by atoms with Crippen molar-refractivity contribution in [1.82, 2.24) is 5.32 Å². The minimum absolute atomic E-state index is 0.420. The summed E-state index contributed by atoms with van der Waals surface area (Å²) >= 11 is 3.51. The zero-order chi connectivity index (χ0) is 21.1. The Balaban J connectivity index is 1.83. The lowest BCUT2D eigenvalue weighted by Crippen LogP contribution is -2.26. The van der Waals surface area contributed by atoms with Crippen LogP contribution < -0.4 is 14.8 Å². The quantitative estimate of drug-likeness (QED) is 0.411. The summed E-state index contributed by atoms with van der Waals surface area (Å²) in [6, 6.07) is 14.1. The van der Waals surface area contributed by atoms with Gasteiger partial charge in [-0.1, -0.05) is 30.3 Å². The fourth-order valence-electron chi connectivity index (χ4n) is 2.91. The van der Waals surface area contributed by atoms with Gasteiger partial charge >= 0.3 is 6.09 Å². The fourth-order valence-corrected chi connectivity index (χ4v) is 3.37. The lowest BCUT2D eigenvalue weighted by molar-refractivity contribution is 0.106. The molecule has 0 unspecified atom stereocenters. The first-order valence-electron chi connectivity index (χ1n) is 10.1. The van der Waals surface area contributed by atoms with E-state index >= 15 is 0 Å². The van der Waals surface area contributed by atoms with Gasteiger partial charge in [-0.25, -0.2) is 4.79 Å². The number of hydrogen-bond donors (Lipinski definition) is 1. The van der Waals surface area contributed by atoms with Crippen LogP contribution in [0.1, 0.15) is 50.8 Å². The van der Waals surface area contributed by atoms with E-state index in [1.807, 2.05) is 51.1 Å². The van der Waals surface area contributed by atoms with Crippen LogP contribution in [0.2, 0.25) is 0 Å². The Bertz CT molecular complexity index is 740. The molecule has 0 fully saturated rings. The third-order valence-electron chi connectivity index (χ3n) is 4.39. The summed E-state index contributed by atoms with van der Waals surface area (Å²) in [7, 11) is 0. The molecular formula is C23H30BrNO4. The van der Waals surface area contributed by atoms with Crippen LogP contribution in [0.5, 0.6) is 11.5 Å². The lowest BCUT2D eigenvalue weighted by Gasteiger charge is -2.18. The third-order valence-corrected chi connectivity index (χ3v) is 5.17. The first-order valence-corrected chi connectivity index (χ1v) is 10.9. The van der Waals surface area contributed by atoms with Crippen LogP contribution in [0.25, 0.3) is 0 Å². The van der Waals surface area contributed by atoms with Crippen LogP contribution in [0.15, 0.2) is 46.9 Å². The van der Waals surface area contributed by atoms with E-state index < -0.39 is 12.2 Å². The zero-order valence-corrected chi connectivity index (χ0v) is 19.0. The van der Waals surface area contributed by atoms with Gasteiger partial charge in [-0.15, -0.1) is 0 Å². The number of rotatable bonds is 11. The van der Waals surface area contributed by atoms with Crippen molar-refractivity contribution in [1.29, 1.82) is 0 Å². The molecule has 0 aromatic heterocycles. The molecule has 0 aliphatic heterocycles. The van der Waals surface area contributed by atoms with Gasteiger partial charge in [0.1, 0.15) is 22.1 Å². The van der Waals surface area contributed by atoms with Crippen molar-refractivity contribution >= 4 is 22.0 Å². The van der Waals surface area contributed by atoms with E-state index in [4.69, 9.17) is 14.2 Å². The monoisotopic (exact) mass is 463 g/mol. The number of carbonyl (C=O) groups is 1. The number of carbonyl (C=O) groups excluding carboxylic acids is 1. The Labute approximate surface area is 181 Å². The summed E-state index contributed by atoms with van der Waals surface area (Å²) < 4.78 is 17.6. The Morgan fingerprint density at radius 2 is 1.66 bits per heavy atom. The minimum Gasteiger partial charge on any atom is -0.493 e. The zero-order valence-electron chi connectivity index (χ0n) is 17.4. The Morgan fingerprint density at radius 1 is 1.03 bits per heavy atom. The molecule has 0 aliphatic rings. The molecule has 0 aliphatic carbocycles. The van der Waals surface area contributed by atoms with E-state index in [0.717, 1.165) is 29.3 Å². The maximum absolute atomic E-state index is 12.1. The molecule has 29 heavy (non-hydrogen) atoms. The van der Waals surface area contributed by atoms with Crippen LogP contribution in [-0.4, -0.2) is 25.9 Å². The molecule has 1 amide bonds. The van der Waals surface area contributed by atoms with E-state index in [2.05, 4.69) is 33.4 Å². The lowest BCUT2D eigenvalue weighted by atomic mass is 10.1. The van der Waals surface area contributed by atoms with Crippen LogP contribution in [0, 0.1) is 0 Å². The maximum atomic E-state index is 12.1.